The zero-order valence-corrected chi connectivity index (χ0v) is 15.9. The largest absolute Gasteiger partial charge is 0.493 e. The second-order valence-corrected chi connectivity index (χ2v) is 7.09. The Morgan fingerprint density at radius 1 is 1.21 bits per heavy atom. The normalized spacial score (nSPS) is 17.1. The van der Waals surface area contributed by atoms with Gasteiger partial charge in [0.2, 0.25) is 0 Å². The molecule has 2 bridgehead atoms. The van der Waals surface area contributed by atoms with Gasteiger partial charge >= 0.3 is 6.18 Å². The fraction of sp³-hybridized carbons (Fsp3) is 0.316. The van der Waals surface area contributed by atoms with Crippen LogP contribution < -0.4 is 10.1 Å². The highest BCUT2D eigenvalue weighted by molar-refractivity contribution is 6.30. The van der Waals surface area contributed by atoms with E-state index in [0.717, 1.165) is 6.07 Å². The zero-order chi connectivity index (χ0) is 20.8. The number of rotatable bonds is 0. The Morgan fingerprint density at radius 3 is 2.76 bits per heavy atom. The van der Waals surface area contributed by atoms with E-state index in [2.05, 4.69) is 20.3 Å². The molecule has 3 aromatic rings. The van der Waals surface area contributed by atoms with Gasteiger partial charge in [-0.25, -0.2) is 19.3 Å². The van der Waals surface area contributed by atoms with Crippen LogP contribution in [-0.2, 0) is 12.6 Å². The third kappa shape index (κ3) is 3.91. The monoisotopic (exact) mass is 426 g/mol. The Bertz CT molecular complexity index is 1090. The van der Waals surface area contributed by atoms with Gasteiger partial charge in [-0.3, -0.25) is 0 Å². The van der Waals surface area contributed by atoms with Crippen molar-refractivity contribution in [3.05, 3.63) is 52.3 Å². The van der Waals surface area contributed by atoms with Crippen LogP contribution in [-0.4, -0.2) is 21.6 Å². The van der Waals surface area contributed by atoms with Crippen molar-refractivity contribution in [2.75, 3.05) is 11.9 Å². The lowest BCUT2D eigenvalue weighted by Gasteiger charge is -2.22. The summed E-state index contributed by atoms with van der Waals surface area (Å²) in [6.07, 6.45) is -2.48. The smallest absolute Gasteiger partial charge is 0.420 e. The minimum atomic E-state index is -4.75. The summed E-state index contributed by atoms with van der Waals surface area (Å²) in [6.45, 7) is 1.61. The first kappa shape index (κ1) is 19.6. The lowest BCUT2D eigenvalue weighted by Crippen LogP contribution is -2.16. The molecular formula is C19H15ClF4N4O. The van der Waals surface area contributed by atoms with Crippen LogP contribution in [0.4, 0.5) is 23.4 Å². The third-order valence-electron chi connectivity index (χ3n) is 4.59. The average Bonchev–Trinajstić information content (AvgIpc) is 2.66. The number of aromatic nitrogens is 3. The fourth-order valence-corrected chi connectivity index (χ4v) is 3.43. The molecule has 152 valence electrons. The summed E-state index contributed by atoms with van der Waals surface area (Å²) in [6, 6.07) is 2.32. The lowest BCUT2D eigenvalue weighted by molar-refractivity contribution is -0.139. The van der Waals surface area contributed by atoms with E-state index < -0.39 is 23.6 Å². The van der Waals surface area contributed by atoms with Crippen LogP contribution in [0, 0.1) is 5.82 Å². The van der Waals surface area contributed by atoms with Gasteiger partial charge in [0.15, 0.2) is 0 Å². The molecule has 29 heavy (non-hydrogen) atoms. The number of alkyl halides is 3. The second-order valence-electron chi connectivity index (χ2n) is 6.70. The molecule has 1 N–H and O–H groups in total. The summed E-state index contributed by atoms with van der Waals surface area (Å²) in [5.41, 5.74) is -0.548. The number of halogens is 5. The number of nitrogens with zero attached hydrogens (tertiary/aromatic N) is 3. The van der Waals surface area contributed by atoms with E-state index in [4.69, 9.17) is 16.3 Å². The molecule has 2 aromatic heterocycles. The van der Waals surface area contributed by atoms with Crippen LogP contribution in [0.3, 0.4) is 0 Å². The Hall–Kier alpha value is -2.68. The lowest BCUT2D eigenvalue weighted by atomic mass is 10.0. The number of benzene rings is 1. The van der Waals surface area contributed by atoms with Crippen molar-refractivity contribution < 1.29 is 22.3 Å². The van der Waals surface area contributed by atoms with Crippen molar-refractivity contribution in [2.45, 2.75) is 32.0 Å². The highest BCUT2D eigenvalue weighted by Gasteiger charge is 2.37. The van der Waals surface area contributed by atoms with Gasteiger partial charge in [-0.05, 0) is 31.5 Å². The Kier molecular flexibility index (Phi) is 4.94. The predicted molar refractivity (Wildman–Crippen MR) is 99.6 cm³/mol. The van der Waals surface area contributed by atoms with Crippen molar-refractivity contribution in [1.29, 1.82) is 0 Å². The molecule has 0 spiro atoms. The molecule has 5 nitrogen and oxygen atoms in total. The van der Waals surface area contributed by atoms with E-state index >= 15 is 0 Å². The van der Waals surface area contributed by atoms with E-state index in [1.54, 1.807) is 13.0 Å². The van der Waals surface area contributed by atoms with Gasteiger partial charge in [0.25, 0.3) is 0 Å². The molecule has 0 amide bonds. The van der Waals surface area contributed by atoms with Gasteiger partial charge in [-0.1, -0.05) is 11.6 Å². The van der Waals surface area contributed by atoms with Gasteiger partial charge < -0.3 is 10.1 Å². The average molecular weight is 427 g/mol. The third-order valence-corrected chi connectivity index (χ3v) is 4.80. The molecule has 10 heteroatoms. The van der Waals surface area contributed by atoms with Gasteiger partial charge in [-0.15, -0.1) is 0 Å². The molecule has 0 saturated carbocycles. The standard InChI is InChI=1S/C19H15ClF4N4O/c1-9-11-5-10(21)6-13(19(22,23)24)17(11)29-4-2-3-16-27-14-8-25-15(20)7-12(14)18(26-9)28-16/h5-9H,2-4H2,1H3,(H,26,27,28). The first-order chi connectivity index (χ1) is 13.7. The first-order valence-corrected chi connectivity index (χ1v) is 9.22. The van der Waals surface area contributed by atoms with Gasteiger partial charge in [0.05, 0.1) is 24.4 Å². The maximum atomic E-state index is 14.0. The maximum Gasteiger partial charge on any atom is 0.420 e. The first-order valence-electron chi connectivity index (χ1n) is 8.84. The van der Waals surface area contributed by atoms with Crippen molar-refractivity contribution in [3.8, 4) is 5.75 Å². The molecular weight excluding hydrogens is 412 g/mol. The predicted octanol–water partition coefficient (Wildman–Crippen LogP) is 5.33. The maximum absolute atomic E-state index is 14.0. The number of hydrogen-bond acceptors (Lipinski definition) is 5. The highest BCUT2D eigenvalue weighted by atomic mass is 35.5. The van der Waals surface area contributed by atoms with Crippen molar-refractivity contribution in [1.82, 2.24) is 15.0 Å². The summed E-state index contributed by atoms with van der Waals surface area (Å²) < 4.78 is 60.0. The van der Waals surface area contributed by atoms with Crippen LogP contribution in [0.5, 0.6) is 5.75 Å². The van der Waals surface area contributed by atoms with Gasteiger partial charge in [0.1, 0.15) is 33.9 Å². The van der Waals surface area contributed by atoms with Crippen LogP contribution in [0.2, 0.25) is 5.15 Å². The summed E-state index contributed by atoms with van der Waals surface area (Å²) in [4.78, 5) is 12.9. The molecule has 0 saturated heterocycles. The van der Waals surface area contributed by atoms with Crippen molar-refractivity contribution >= 4 is 28.3 Å². The van der Waals surface area contributed by atoms with Gasteiger partial charge in [-0.2, -0.15) is 13.2 Å². The number of ether oxygens (including phenoxy) is 1. The Labute approximate surface area is 168 Å². The van der Waals surface area contributed by atoms with Crippen LogP contribution in [0.25, 0.3) is 10.9 Å². The minimum Gasteiger partial charge on any atom is -0.493 e. The number of anilines is 1. The molecule has 1 unspecified atom stereocenters. The van der Waals surface area contributed by atoms with E-state index in [0.29, 0.717) is 41.5 Å². The quantitative estimate of drug-likeness (QED) is 0.388. The number of hydrogen-bond donors (Lipinski definition) is 1. The summed E-state index contributed by atoms with van der Waals surface area (Å²) in [7, 11) is 0. The molecule has 1 atom stereocenters. The Balaban J connectivity index is 1.88. The topological polar surface area (TPSA) is 59.9 Å². The van der Waals surface area contributed by atoms with Crippen LogP contribution in [0.15, 0.2) is 24.4 Å². The summed E-state index contributed by atoms with van der Waals surface area (Å²) >= 11 is 5.98. The van der Waals surface area contributed by atoms with E-state index in [1.807, 2.05) is 0 Å². The molecule has 3 heterocycles. The second kappa shape index (κ2) is 7.29. The summed E-state index contributed by atoms with van der Waals surface area (Å²) in [5, 5.41) is 3.85. The molecule has 0 radical (unpaired) electrons. The molecule has 4 rings (SSSR count). The number of fused-ring (bicyclic) bond motifs is 5. The fourth-order valence-electron chi connectivity index (χ4n) is 3.27. The molecule has 0 fully saturated rings. The number of aryl methyl sites for hydroxylation is 1. The molecule has 1 aromatic carbocycles. The minimum absolute atomic E-state index is 0.00400. The number of pyridine rings is 1. The van der Waals surface area contributed by atoms with Crippen molar-refractivity contribution in [2.24, 2.45) is 0 Å². The molecule has 1 aliphatic rings. The van der Waals surface area contributed by atoms with E-state index in [-0.39, 0.29) is 23.1 Å². The Morgan fingerprint density at radius 2 is 2.00 bits per heavy atom. The van der Waals surface area contributed by atoms with Gasteiger partial charge in [0, 0.05) is 17.4 Å². The zero-order valence-electron chi connectivity index (χ0n) is 15.1. The highest BCUT2D eigenvalue weighted by Crippen LogP contribution is 2.42. The van der Waals surface area contributed by atoms with Crippen LogP contribution >= 0.6 is 11.6 Å². The van der Waals surface area contributed by atoms with E-state index in [9.17, 15) is 17.6 Å². The van der Waals surface area contributed by atoms with Crippen molar-refractivity contribution in [3.63, 3.8) is 0 Å². The number of nitrogens with one attached hydrogen (secondary N) is 1. The van der Waals surface area contributed by atoms with Crippen LogP contribution in [0.1, 0.15) is 36.3 Å². The summed E-state index contributed by atoms with van der Waals surface area (Å²) in [5.74, 6) is -0.505. The van der Waals surface area contributed by atoms with E-state index in [1.165, 1.54) is 6.20 Å². The molecule has 0 aliphatic carbocycles. The SMILES string of the molecule is CC1Nc2nc(nc3cnc(Cl)cc23)CCCOc2c1cc(F)cc2C(F)(F)F. The molecule has 1 aliphatic heterocycles.